The molecule has 2 N–H and O–H groups in total. The molecule has 0 spiro atoms. The van der Waals surface area contributed by atoms with E-state index in [9.17, 15) is 9.90 Å². The molecule has 0 aromatic heterocycles. The summed E-state index contributed by atoms with van der Waals surface area (Å²) in [5, 5.41) is 15.5. The average Bonchev–Trinajstić information content (AvgIpc) is 3.35. The van der Waals surface area contributed by atoms with E-state index >= 15 is 0 Å². The lowest BCUT2D eigenvalue weighted by Crippen LogP contribution is -2.43. The highest BCUT2D eigenvalue weighted by Crippen LogP contribution is 2.29. The van der Waals surface area contributed by atoms with Crippen LogP contribution in [0.15, 0.2) is 90.0 Å². The van der Waals surface area contributed by atoms with Gasteiger partial charge >= 0.3 is 0 Å². The number of nitrogens with one attached hydrogen (secondary N) is 1. The molecule has 1 fully saturated rings. The molecule has 0 unspecified atom stereocenters. The molecule has 0 radical (unpaired) electrons. The van der Waals surface area contributed by atoms with Crippen LogP contribution in [0.2, 0.25) is 0 Å². The molecule has 30 heavy (non-hydrogen) atoms. The zero-order valence-electron chi connectivity index (χ0n) is 16.7. The van der Waals surface area contributed by atoms with Crippen LogP contribution in [0.5, 0.6) is 0 Å². The fourth-order valence-corrected chi connectivity index (χ4v) is 3.78. The van der Waals surface area contributed by atoms with Crippen molar-refractivity contribution >= 4 is 17.8 Å². The lowest BCUT2D eigenvalue weighted by Gasteiger charge is -2.27. The van der Waals surface area contributed by atoms with E-state index in [-0.39, 0.29) is 0 Å². The highest BCUT2D eigenvalue weighted by atomic mass is 16.3. The number of hydrogen-bond acceptors (Lipinski definition) is 4. The normalized spacial score (nSPS) is 14.2. The summed E-state index contributed by atoms with van der Waals surface area (Å²) in [7, 11) is 0. The molecule has 1 saturated heterocycles. The van der Waals surface area contributed by atoms with Gasteiger partial charge in [-0.15, -0.1) is 0 Å². The van der Waals surface area contributed by atoms with Gasteiger partial charge in [0.15, 0.2) is 5.60 Å². The predicted molar refractivity (Wildman–Crippen MR) is 120 cm³/mol. The molecule has 0 aliphatic carbocycles. The van der Waals surface area contributed by atoms with E-state index in [2.05, 4.69) is 27.6 Å². The van der Waals surface area contributed by atoms with Crippen molar-refractivity contribution in [1.82, 2.24) is 5.43 Å². The Morgan fingerprint density at radius 2 is 1.40 bits per heavy atom. The smallest absolute Gasteiger partial charge is 0.281 e. The number of anilines is 1. The van der Waals surface area contributed by atoms with Gasteiger partial charge in [0.1, 0.15) is 0 Å². The first-order valence-electron chi connectivity index (χ1n) is 10.2. The van der Waals surface area contributed by atoms with Crippen LogP contribution in [0, 0.1) is 0 Å². The monoisotopic (exact) mass is 399 g/mol. The van der Waals surface area contributed by atoms with Gasteiger partial charge in [0.25, 0.3) is 5.91 Å². The van der Waals surface area contributed by atoms with Crippen molar-refractivity contribution in [1.29, 1.82) is 0 Å². The van der Waals surface area contributed by atoms with Crippen LogP contribution in [0.3, 0.4) is 0 Å². The highest BCUT2D eigenvalue weighted by molar-refractivity contribution is 5.91. The van der Waals surface area contributed by atoms with Gasteiger partial charge in [-0.25, -0.2) is 5.43 Å². The van der Waals surface area contributed by atoms with Crippen molar-refractivity contribution in [3.8, 4) is 0 Å². The quantitative estimate of drug-likeness (QED) is 0.491. The molecule has 5 heteroatoms. The Bertz CT molecular complexity index is 956. The Morgan fingerprint density at radius 3 is 1.93 bits per heavy atom. The van der Waals surface area contributed by atoms with E-state index < -0.39 is 11.5 Å². The first-order valence-corrected chi connectivity index (χ1v) is 10.2. The number of hydrogen-bond donors (Lipinski definition) is 2. The first-order chi connectivity index (χ1) is 14.7. The summed E-state index contributed by atoms with van der Waals surface area (Å²) in [6.07, 6.45) is 4.06. The number of hydrazone groups is 1. The Labute approximate surface area is 176 Å². The maximum atomic E-state index is 13.0. The van der Waals surface area contributed by atoms with E-state index in [4.69, 9.17) is 0 Å². The zero-order valence-corrected chi connectivity index (χ0v) is 16.7. The van der Waals surface area contributed by atoms with E-state index in [1.807, 2.05) is 24.3 Å². The van der Waals surface area contributed by atoms with Gasteiger partial charge in [0, 0.05) is 18.8 Å². The van der Waals surface area contributed by atoms with Crippen molar-refractivity contribution in [3.05, 3.63) is 102 Å². The maximum absolute atomic E-state index is 13.0. The van der Waals surface area contributed by atoms with Gasteiger partial charge in [-0.05, 0) is 41.7 Å². The Balaban J connectivity index is 1.50. The molecular formula is C25H25N3O2. The minimum Gasteiger partial charge on any atom is -0.372 e. The minimum absolute atomic E-state index is 0.485. The summed E-state index contributed by atoms with van der Waals surface area (Å²) < 4.78 is 0. The van der Waals surface area contributed by atoms with Crippen molar-refractivity contribution in [3.63, 3.8) is 0 Å². The Morgan fingerprint density at radius 1 is 0.867 bits per heavy atom. The fourth-order valence-electron chi connectivity index (χ4n) is 3.78. The Hall–Kier alpha value is -3.44. The summed E-state index contributed by atoms with van der Waals surface area (Å²) >= 11 is 0. The van der Waals surface area contributed by atoms with Crippen LogP contribution in [0.4, 0.5) is 5.69 Å². The molecule has 5 nitrogen and oxygen atoms in total. The molecule has 1 heterocycles. The molecule has 3 aromatic carbocycles. The third kappa shape index (κ3) is 4.11. The van der Waals surface area contributed by atoms with Crippen LogP contribution >= 0.6 is 0 Å². The lowest BCUT2D eigenvalue weighted by atomic mass is 9.85. The number of rotatable bonds is 6. The molecule has 0 bridgehead atoms. The largest absolute Gasteiger partial charge is 0.372 e. The van der Waals surface area contributed by atoms with Gasteiger partial charge in [-0.3, -0.25) is 4.79 Å². The van der Waals surface area contributed by atoms with Crippen molar-refractivity contribution in [2.45, 2.75) is 18.4 Å². The maximum Gasteiger partial charge on any atom is 0.281 e. The number of aliphatic hydroxyl groups is 1. The van der Waals surface area contributed by atoms with Crippen molar-refractivity contribution in [2.24, 2.45) is 5.10 Å². The molecule has 1 aliphatic rings. The van der Waals surface area contributed by atoms with Crippen molar-refractivity contribution in [2.75, 3.05) is 18.0 Å². The van der Waals surface area contributed by atoms with E-state index in [1.54, 1.807) is 54.7 Å². The van der Waals surface area contributed by atoms with Crippen LogP contribution in [-0.2, 0) is 10.4 Å². The zero-order chi connectivity index (χ0) is 20.8. The average molecular weight is 399 g/mol. The summed E-state index contributed by atoms with van der Waals surface area (Å²) in [5.41, 5.74) is 3.73. The molecule has 3 aromatic rings. The van der Waals surface area contributed by atoms with Gasteiger partial charge in [-0.1, -0.05) is 72.8 Å². The van der Waals surface area contributed by atoms with Crippen LogP contribution in [-0.4, -0.2) is 30.3 Å². The number of amides is 1. The third-order valence-corrected chi connectivity index (χ3v) is 5.46. The standard InChI is InChI=1S/C25H25N3O2/c29-24(25(30,21-9-3-1-4-10-21)22-11-5-2-6-12-22)27-26-19-20-13-15-23(16-14-20)28-17-7-8-18-28/h1-6,9-16,19,30H,7-8,17-18H2,(H,27,29)/b26-19-. The molecular weight excluding hydrogens is 374 g/mol. The van der Waals surface area contributed by atoms with Gasteiger partial charge in [0.05, 0.1) is 6.21 Å². The predicted octanol–water partition coefficient (Wildman–Crippen LogP) is 3.67. The van der Waals surface area contributed by atoms with Gasteiger partial charge in [0.2, 0.25) is 0 Å². The topological polar surface area (TPSA) is 64.9 Å². The van der Waals surface area contributed by atoms with Gasteiger partial charge < -0.3 is 10.0 Å². The number of benzene rings is 3. The SMILES string of the molecule is O=C(N/N=C\c1ccc(N2CCCC2)cc1)C(O)(c1ccccc1)c1ccccc1. The molecule has 152 valence electrons. The Kier molecular flexibility index (Phi) is 5.91. The number of carbonyl (C=O) groups excluding carboxylic acids is 1. The van der Waals surface area contributed by atoms with Crippen molar-refractivity contribution < 1.29 is 9.90 Å². The van der Waals surface area contributed by atoms with Crippen LogP contribution in [0.25, 0.3) is 0 Å². The highest BCUT2D eigenvalue weighted by Gasteiger charge is 2.39. The minimum atomic E-state index is -1.83. The fraction of sp³-hybridized carbons (Fsp3) is 0.200. The summed E-state index contributed by atoms with van der Waals surface area (Å²) in [6.45, 7) is 2.20. The molecule has 0 saturated carbocycles. The summed E-state index contributed by atoms with van der Waals surface area (Å²) in [5.74, 6) is -0.607. The summed E-state index contributed by atoms with van der Waals surface area (Å²) in [4.78, 5) is 15.4. The van der Waals surface area contributed by atoms with Crippen LogP contribution < -0.4 is 10.3 Å². The molecule has 1 amide bonds. The third-order valence-electron chi connectivity index (χ3n) is 5.46. The van der Waals surface area contributed by atoms with E-state index in [0.29, 0.717) is 11.1 Å². The second-order valence-electron chi connectivity index (χ2n) is 7.43. The van der Waals surface area contributed by atoms with Gasteiger partial charge in [-0.2, -0.15) is 5.10 Å². The number of carbonyl (C=O) groups is 1. The molecule has 0 atom stereocenters. The summed E-state index contributed by atoms with van der Waals surface area (Å²) in [6, 6.07) is 25.9. The van der Waals surface area contributed by atoms with Crippen LogP contribution in [0.1, 0.15) is 29.5 Å². The number of nitrogens with zero attached hydrogens (tertiary/aromatic N) is 2. The lowest BCUT2D eigenvalue weighted by molar-refractivity contribution is -0.136. The molecule has 1 aliphatic heterocycles. The first kappa shape index (κ1) is 19.9. The molecule has 4 rings (SSSR count). The second-order valence-corrected chi connectivity index (χ2v) is 7.43. The second kappa shape index (κ2) is 8.93. The van der Waals surface area contributed by atoms with E-state index in [1.165, 1.54) is 18.5 Å². The van der Waals surface area contributed by atoms with E-state index in [0.717, 1.165) is 18.7 Å².